The van der Waals surface area contributed by atoms with Crippen molar-refractivity contribution >= 4 is 11.8 Å². The topological polar surface area (TPSA) is 60.5 Å². The number of ether oxygens (including phenoxy) is 2. The molecule has 5 nitrogen and oxygen atoms in total. The number of unbranched alkanes of at least 4 members (excludes halogenated alkanes) is 1. The minimum Gasteiger partial charge on any atom is -0.466 e. The molecule has 0 aromatic carbocycles. The quantitative estimate of drug-likeness (QED) is 0.454. The van der Waals surface area contributed by atoms with Crippen LogP contribution in [0.3, 0.4) is 0 Å². The molecule has 0 unspecified atom stereocenters. The van der Waals surface area contributed by atoms with Crippen LogP contribution in [-0.4, -0.2) is 37.8 Å². The number of rotatable bonds is 8. The van der Waals surface area contributed by atoms with Crippen LogP contribution in [0.2, 0.25) is 0 Å². The first-order chi connectivity index (χ1) is 11.2. The van der Waals surface area contributed by atoms with Crippen molar-refractivity contribution in [3.8, 4) is 0 Å². The van der Waals surface area contributed by atoms with Crippen molar-refractivity contribution in [2.24, 2.45) is 0 Å². The Hall–Kier alpha value is -1.88. The highest BCUT2D eigenvalue weighted by molar-refractivity contribution is 5.87. The summed E-state index contributed by atoms with van der Waals surface area (Å²) in [6, 6.07) is 4.33. The van der Waals surface area contributed by atoms with Crippen LogP contribution in [0.5, 0.6) is 0 Å². The number of aryl methyl sites for hydroxylation is 2. The maximum absolute atomic E-state index is 11.2. The lowest BCUT2D eigenvalue weighted by Gasteiger charge is -2.17. The summed E-state index contributed by atoms with van der Waals surface area (Å²) in [5.74, 6) is 0.758. The fourth-order valence-corrected chi connectivity index (χ4v) is 2.53. The van der Waals surface area contributed by atoms with Crippen LogP contribution in [0.25, 0.3) is 0 Å². The lowest BCUT2D eigenvalue weighted by Crippen LogP contribution is -2.14. The van der Waals surface area contributed by atoms with E-state index < -0.39 is 0 Å². The number of anilines is 1. The van der Waals surface area contributed by atoms with E-state index in [4.69, 9.17) is 4.74 Å². The van der Waals surface area contributed by atoms with Gasteiger partial charge in [0.05, 0.1) is 13.7 Å². The van der Waals surface area contributed by atoms with Crippen molar-refractivity contribution in [1.82, 2.24) is 4.98 Å². The second-order valence-corrected chi connectivity index (χ2v) is 5.75. The van der Waals surface area contributed by atoms with Gasteiger partial charge in [0.2, 0.25) is 0 Å². The molecule has 5 heteroatoms. The first kappa shape index (κ1) is 17.5. The molecule has 0 spiro atoms. The standard InChI is InChI=1S/C18H26N2O3/c1-14(18(21)22-2)10-13-23-12-4-3-7-16-9-8-15-6-5-11-19-17(15)20-16/h8-10H,3-7,11-13H2,1-2H3,(H,19,20)/b14-10-. The molecule has 2 rings (SSSR count). The monoisotopic (exact) mass is 318 g/mol. The van der Waals surface area contributed by atoms with Crippen LogP contribution >= 0.6 is 0 Å². The van der Waals surface area contributed by atoms with Gasteiger partial charge in [0.15, 0.2) is 0 Å². The molecular weight excluding hydrogens is 292 g/mol. The molecule has 0 saturated heterocycles. The zero-order chi connectivity index (χ0) is 16.5. The first-order valence-corrected chi connectivity index (χ1v) is 8.26. The molecule has 0 radical (unpaired) electrons. The molecule has 0 fully saturated rings. The zero-order valence-electron chi connectivity index (χ0n) is 14.1. The fourth-order valence-electron chi connectivity index (χ4n) is 2.53. The van der Waals surface area contributed by atoms with Gasteiger partial charge in [-0.1, -0.05) is 6.07 Å². The van der Waals surface area contributed by atoms with E-state index >= 15 is 0 Å². The number of hydrogen-bond donors (Lipinski definition) is 1. The van der Waals surface area contributed by atoms with Gasteiger partial charge >= 0.3 is 5.97 Å². The van der Waals surface area contributed by atoms with Crippen molar-refractivity contribution in [3.63, 3.8) is 0 Å². The maximum Gasteiger partial charge on any atom is 0.333 e. The molecule has 0 atom stereocenters. The van der Waals surface area contributed by atoms with Crippen molar-refractivity contribution in [1.29, 1.82) is 0 Å². The molecular formula is C18H26N2O3. The SMILES string of the molecule is COC(=O)/C(C)=C\COCCCCc1ccc2c(n1)NCCC2. The van der Waals surface area contributed by atoms with E-state index in [1.807, 2.05) is 0 Å². The fraction of sp³-hybridized carbons (Fsp3) is 0.556. The number of nitrogens with zero attached hydrogens (tertiary/aromatic N) is 1. The molecule has 2 heterocycles. The predicted molar refractivity (Wildman–Crippen MR) is 90.6 cm³/mol. The average Bonchev–Trinajstić information content (AvgIpc) is 2.59. The third-order valence-corrected chi connectivity index (χ3v) is 3.94. The van der Waals surface area contributed by atoms with Gasteiger partial charge in [-0.15, -0.1) is 0 Å². The first-order valence-electron chi connectivity index (χ1n) is 8.26. The van der Waals surface area contributed by atoms with E-state index in [2.05, 4.69) is 27.2 Å². The zero-order valence-corrected chi connectivity index (χ0v) is 14.1. The van der Waals surface area contributed by atoms with Crippen molar-refractivity contribution in [2.45, 2.75) is 39.0 Å². The van der Waals surface area contributed by atoms with E-state index in [0.717, 1.165) is 43.7 Å². The minimum absolute atomic E-state index is 0.305. The molecule has 0 saturated carbocycles. The molecule has 1 aliphatic rings. The highest BCUT2D eigenvalue weighted by Crippen LogP contribution is 2.20. The Balaban J connectivity index is 1.61. The van der Waals surface area contributed by atoms with Gasteiger partial charge in [-0.05, 0) is 56.7 Å². The molecule has 1 aliphatic heterocycles. The highest BCUT2D eigenvalue weighted by atomic mass is 16.5. The predicted octanol–water partition coefficient (Wildman–Crippen LogP) is 2.90. The third-order valence-electron chi connectivity index (χ3n) is 3.94. The number of nitrogens with one attached hydrogen (secondary N) is 1. The van der Waals surface area contributed by atoms with Gasteiger partial charge in [0.1, 0.15) is 5.82 Å². The summed E-state index contributed by atoms with van der Waals surface area (Å²) < 4.78 is 10.1. The summed E-state index contributed by atoms with van der Waals surface area (Å²) in [5, 5.41) is 3.37. The summed E-state index contributed by atoms with van der Waals surface area (Å²) in [4.78, 5) is 15.9. The smallest absolute Gasteiger partial charge is 0.333 e. The van der Waals surface area contributed by atoms with Crippen LogP contribution in [0.15, 0.2) is 23.8 Å². The summed E-state index contributed by atoms with van der Waals surface area (Å²) >= 11 is 0. The van der Waals surface area contributed by atoms with Gasteiger partial charge in [0, 0.05) is 24.4 Å². The Kier molecular flexibility index (Phi) is 7.07. The van der Waals surface area contributed by atoms with Crippen molar-refractivity contribution in [2.75, 3.05) is 32.2 Å². The van der Waals surface area contributed by atoms with Crippen LogP contribution in [0, 0.1) is 0 Å². The second-order valence-electron chi connectivity index (χ2n) is 5.75. The van der Waals surface area contributed by atoms with Crippen LogP contribution in [-0.2, 0) is 27.1 Å². The third kappa shape index (κ3) is 5.67. The van der Waals surface area contributed by atoms with Gasteiger partial charge in [-0.3, -0.25) is 0 Å². The Labute approximate surface area is 138 Å². The molecule has 1 aromatic rings. The van der Waals surface area contributed by atoms with E-state index in [0.29, 0.717) is 18.8 Å². The van der Waals surface area contributed by atoms with Crippen molar-refractivity contribution in [3.05, 3.63) is 35.0 Å². The summed E-state index contributed by atoms with van der Waals surface area (Å²) in [7, 11) is 1.38. The average molecular weight is 318 g/mol. The highest BCUT2D eigenvalue weighted by Gasteiger charge is 2.09. The maximum atomic E-state index is 11.2. The molecule has 1 aromatic heterocycles. The molecule has 23 heavy (non-hydrogen) atoms. The number of esters is 1. The van der Waals surface area contributed by atoms with Gasteiger partial charge in [0.25, 0.3) is 0 Å². The van der Waals surface area contributed by atoms with Gasteiger partial charge < -0.3 is 14.8 Å². The lowest BCUT2D eigenvalue weighted by molar-refractivity contribution is -0.136. The Bertz CT molecular complexity index is 555. The summed E-state index contributed by atoms with van der Waals surface area (Å²) in [5.41, 5.74) is 3.05. The molecule has 0 aliphatic carbocycles. The van der Waals surface area contributed by atoms with E-state index in [-0.39, 0.29) is 5.97 Å². The molecule has 126 valence electrons. The van der Waals surface area contributed by atoms with E-state index in [9.17, 15) is 4.79 Å². The number of aromatic nitrogens is 1. The number of fused-ring (bicyclic) bond motifs is 1. The molecule has 1 N–H and O–H groups in total. The summed E-state index contributed by atoms with van der Waals surface area (Å²) in [6.45, 7) is 3.89. The number of pyridine rings is 1. The van der Waals surface area contributed by atoms with Crippen LogP contribution < -0.4 is 5.32 Å². The molecule has 0 bridgehead atoms. The second kappa shape index (κ2) is 9.30. The Morgan fingerprint density at radius 2 is 2.26 bits per heavy atom. The number of carbonyl (C=O) groups is 1. The van der Waals surface area contributed by atoms with Gasteiger partial charge in [-0.25, -0.2) is 9.78 Å². The van der Waals surface area contributed by atoms with E-state index in [1.54, 1.807) is 13.0 Å². The number of carbonyl (C=O) groups excluding carboxylic acids is 1. The normalized spacial score (nSPS) is 14.1. The van der Waals surface area contributed by atoms with Crippen LogP contribution in [0.4, 0.5) is 5.82 Å². The summed E-state index contributed by atoms with van der Waals surface area (Å²) in [6.07, 6.45) is 7.07. The minimum atomic E-state index is -0.305. The van der Waals surface area contributed by atoms with Crippen LogP contribution in [0.1, 0.15) is 37.4 Å². The number of hydrogen-bond acceptors (Lipinski definition) is 5. The Morgan fingerprint density at radius 3 is 3.09 bits per heavy atom. The molecule has 0 amide bonds. The van der Waals surface area contributed by atoms with E-state index in [1.165, 1.54) is 19.1 Å². The largest absolute Gasteiger partial charge is 0.466 e. The van der Waals surface area contributed by atoms with Crippen molar-refractivity contribution < 1.29 is 14.3 Å². The Morgan fingerprint density at radius 1 is 1.39 bits per heavy atom. The number of methoxy groups -OCH3 is 1. The van der Waals surface area contributed by atoms with Gasteiger partial charge in [-0.2, -0.15) is 0 Å². The lowest BCUT2D eigenvalue weighted by atomic mass is 10.1.